The summed E-state index contributed by atoms with van der Waals surface area (Å²) in [6.07, 6.45) is -0.165. The van der Waals surface area contributed by atoms with E-state index in [0.717, 1.165) is 0 Å². The van der Waals surface area contributed by atoms with Gasteiger partial charge in [0.05, 0.1) is 0 Å². The lowest BCUT2D eigenvalue weighted by atomic mass is 10.1. The van der Waals surface area contributed by atoms with Crippen molar-refractivity contribution in [2.75, 3.05) is 6.54 Å². The molecule has 0 fully saturated rings. The van der Waals surface area contributed by atoms with Crippen LogP contribution in [-0.4, -0.2) is 12.6 Å². The van der Waals surface area contributed by atoms with Gasteiger partial charge in [0.2, 0.25) is 6.10 Å². The van der Waals surface area contributed by atoms with Crippen LogP contribution in [-0.2, 0) is 4.74 Å². The molecule has 1 unspecified atom stereocenters. The first-order valence-electron chi connectivity index (χ1n) is 7.01. The largest absolute Gasteiger partial charge is 0.457 e. The van der Waals surface area contributed by atoms with E-state index in [4.69, 9.17) is 9.47 Å². The summed E-state index contributed by atoms with van der Waals surface area (Å²) >= 11 is 0. The van der Waals surface area contributed by atoms with Gasteiger partial charge in [0.15, 0.2) is 0 Å². The Morgan fingerprint density at radius 1 is 1.22 bits per heavy atom. The molecule has 5 nitrogen and oxygen atoms in total. The summed E-state index contributed by atoms with van der Waals surface area (Å²) < 4.78 is 10.8. The fraction of sp³-hybridized carbons (Fsp3) is 0.111. The van der Waals surface area contributed by atoms with Crippen LogP contribution in [0.25, 0.3) is 0 Å². The van der Waals surface area contributed by atoms with Crippen molar-refractivity contribution < 1.29 is 14.3 Å². The van der Waals surface area contributed by atoms with Gasteiger partial charge in [-0.1, -0.05) is 36.4 Å². The van der Waals surface area contributed by atoms with Gasteiger partial charge in [-0.25, -0.2) is 4.79 Å². The number of hydrogen-bond acceptors (Lipinski definition) is 4. The van der Waals surface area contributed by atoms with Crippen LogP contribution < -0.4 is 10.1 Å². The Morgan fingerprint density at radius 3 is 2.65 bits per heavy atom. The minimum Gasteiger partial charge on any atom is -0.457 e. The highest BCUT2D eigenvalue weighted by atomic mass is 16.6. The molecule has 0 saturated heterocycles. The predicted octanol–water partition coefficient (Wildman–Crippen LogP) is 3.96. The summed E-state index contributed by atoms with van der Waals surface area (Å²) in [4.78, 5) is 11.6. The van der Waals surface area contributed by atoms with Crippen LogP contribution in [0.5, 0.6) is 11.5 Å². The molecule has 0 saturated carbocycles. The fourth-order valence-electron chi connectivity index (χ4n) is 1.84. The van der Waals surface area contributed by atoms with E-state index in [1.54, 1.807) is 24.3 Å². The molecule has 0 bridgehead atoms. The molecule has 2 rings (SSSR count). The van der Waals surface area contributed by atoms with E-state index in [9.17, 15) is 10.1 Å². The first-order chi connectivity index (χ1) is 11.2. The fourth-order valence-corrected chi connectivity index (χ4v) is 1.84. The number of nitriles is 1. The number of carbonyl (C=O) groups excluding carboxylic acids is 1. The van der Waals surface area contributed by atoms with Gasteiger partial charge in [-0.15, -0.1) is 6.58 Å². The quantitative estimate of drug-likeness (QED) is 0.820. The van der Waals surface area contributed by atoms with Crippen molar-refractivity contribution in [3.8, 4) is 17.6 Å². The number of hydrogen-bond donors (Lipinski definition) is 1. The number of para-hydroxylation sites is 1. The lowest BCUT2D eigenvalue weighted by Crippen LogP contribution is -2.25. The molecule has 0 aromatic heterocycles. The van der Waals surface area contributed by atoms with Crippen LogP contribution >= 0.6 is 0 Å². The Balaban J connectivity index is 2.09. The van der Waals surface area contributed by atoms with Gasteiger partial charge in [-0.2, -0.15) is 5.26 Å². The predicted molar refractivity (Wildman–Crippen MR) is 86.0 cm³/mol. The number of nitrogens with one attached hydrogen (secondary N) is 1. The maximum absolute atomic E-state index is 11.6. The van der Waals surface area contributed by atoms with Crippen LogP contribution in [0.1, 0.15) is 11.7 Å². The molecular formula is C18H16N2O3. The van der Waals surface area contributed by atoms with E-state index in [0.29, 0.717) is 17.1 Å². The Labute approximate surface area is 134 Å². The second kappa shape index (κ2) is 8.25. The number of alkyl carbamates (subject to hydrolysis) is 1. The Bertz CT molecular complexity index is 708. The zero-order chi connectivity index (χ0) is 16.5. The molecule has 0 aliphatic heterocycles. The van der Waals surface area contributed by atoms with Crippen molar-refractivity contribution in [2.45, 2.75) is 6.10 Å². The van der Waals surface area contributed by atoms with Gasteiger partial charge >= 0.3 is 6.09 Å². The van der Waals surface area contributed by atoms with Gasteiger partial charge in [0.25, 0.3) is 0 Å². The molecular weight excluding hydrogens is 292 g/mol. The number of carbonyl (C=O) groups is 1. The first-order valence-corrected chi connectivity index (χ1v) is 7.01. The van der Waals surface area contributed by atoms with Gasteiger partial charge in [0, 0.05) is 12.1 Å². The van der Waals surface area contributed by atoms with E-state index in [1.165, 1.54) is 6.08 Å². The Hall–Kier alpha value is -3.26. The maximum atomic E-state index is 11.6. The van der Waals surface area contributed by atoms with Crippen LogP contribution in [0.15, 0.2) is 67.3 Å². The molecule has 2 aromatic carbocycles. The van der Waals surface area contributed by atoms with Gasteiger partial charge < -0.3 is 14.8 Å². The number of benzene rings is 2. The van der Waals surface area contributed by atoms with Gasteiger partial charge in [-0.3, -0.25) is 0 Å². The van der Waals surface area contributed by atoms with E-state index in [2.05, 4.69) is 11.9 Å². The molecule has 5 heteroatoms. The van der Waals surface area contributed by atoms with E-state index < -0.39 is 12.2 Å². The number of rotatable bonds is 6. The number of amides is 1. The molecule has 116 valence electrons. The molecule has 1 atom stereocenters. The monoisotopic (exact) mass is 308 g/mol. The smallest absolute Gasteiger partial charge is 0.409 e. The second-order valence-corrected chi connectivity index (χ2v) is 4.57. The Kier molecular flexibility index (Phi) is 5.78. The topological polar surface area (TPSA) is 71.3 Å². The van der Waals surface area contributed by atoms with Gasteiger partial charge in [0.1, 0.15) is 17.6 Å². The summed E-state index contributed by atoms with van der Waals surface area (Å²) in [6, 6.07) is 18.1. The lowest BCUT2D eigenvalue weighted by molar-refractivity contribution is 0.124. The summed E-state index contributed by atoms with van der Waals surface area (Å²) in [5, 5.41) is 11.7. The van der Waals surface area contributed by atoms with Crippen LogP contribution in [0.3, 0.4) is 0 Å². The molecule has 0 aliphatic rings. The first kappa shape index (κ1) is 16.1. The van der Waals surface area contributed by atoms with Crippen molar-refractivity contribution in [2.24, 2.45) is 0 Å². The highest BCUT2D eigenvalue weighted by Crippen LogP contribution is 2.25. The minimum absolute atomic E-state index is 0.272. The van der Waals surface area contributed by atoms with Crippen LogP contribution in [0.2, 0.25) is 0 Å². The molecule has 23 heavy (non-hydrogen) atoms. The normalized spacial score (nSPS) is 10.9. The lowest BCUT2D eigenvalue weighted by Gasteiger charge is -2.13. The average Bonchev–Trinajstić information content (AvgIpc) is 2.59. The second-order valence-electron chi connectivity index (χ2n) is 4.57. The molecule has 2 aromatic rings. The maximum Gasteiger partial charge on any atom is 0.409 e. The zero-order valence-electron chi connectivity index (χ0n) is 12.4. The van der Waals surface area contributed by atoms with Crippen molar-refractivity contribution in [1.29, 1.82) is 5.26 Å². The third kappa shape index (κ3) is 4.90. The average molecular weight is 308 g/mol. The van der Waals surface area contributed by atoms with E-state index in [1.807, 2.05) is 36.4 Å². The molecule has 0 aliphatic carbocycles. The van der Waals surface area contributed by atoms with E-state index in [-0.39, 0.29) is 6.54 Å². The summed E-state index contributed by atoms with van der Waals surface area (Å²) in [5.41, 5.74) is 0.537. The highest BCUT2D eigenvalue weighted by molar-refractivity contribution is 5.68. The molecule has 1 amide bonds. The van der Waals surface area contributed by atoms with Gasteiger partial charge in [-0.05, 0) is 24.3 Å². The highest BCUT2D eigenvalue weighted by Gasteiger charge is 2.16. The number of nitrogens with zero attached hydrogens (tertiary/aromatic N) is 1. The van der Waals surface area contributed by atoms with Crippen molar-refractivity contribution >= 4 is 6.09 Å². The van der Waals surface area contributed by atoms with Crippen molar-refractivity contribution in [1.82, 2.24) is 5.32 Å². The van der Waals surface area contributed by atoms with Crippen molar-refractivity contribution in [3.63, 3.8) is 0 Å². The summed E-state index contributed by atoms with van der Waals surface area (Å²) in [6.45, 7) is 3.76. The minimum atomic E-state index is -1.01. The molecule has 0 spiro atoms. The SMILES string of the molecule is C=CCNC(=O)OC(C#N)c1cccc(Oc2ccccc2)c1. The van der Waals surface area contributed by atoms with Crippen LogP contribution in [0, 0.1) is 11.3 Å². The third-order valence-electron chi connectivity index (χ3n) is 2.87. The standard InChI is InChI=1S/C18H16N2O3/c1-2-11-20-18(21)23-17(13-19)14-7-6-10-16(12-14)22-15-8-4-3-5-9-15/h2-10,12,17H,1,11H2,(H,20,21). The molecule has 0 heterocycles. The van der Waals surface area contributed by atoms with Crippen LogP contribution in [0.4, 0.5) is 4.79 Å². The van der Waals surface area contributed by atoms with Crippen molar-refractivity contribution in [3.05, 3.63) is 72.8 Å². The Morgan fingerprint density at radius 2 is 1.96 bits per heavy atom. The summed E-state index contributed by atoms with van der Waals surface area (Å²) in [7, 11) is 0. The molecule has 1 N–H and O–H groups in total. The third-order valence-corrected chi connectivity index (χ3v) is 2.87. The molecule has 0 radical (unpaired) electrons. The summed E-state index contributed by atoms with van der Waals surface area (Å²) in [5.74, 6) is 1.24. The zero-order valence-corrected chi connectivity index (χ0v) is 12.4. The van der Waals surface area contributed by atoms with E-state index >= 15 is 0 Å². The number of ether oxygens (including phenoxy) is 2.